The van der Waals surface area contributed by atoms with Crippen LogP contribution in [0.2, 0.25) is 0 Å². The summed E-state index contributed by atoms with van der Waals surface area (Å²) in [5.74, 6) is 0.739. The fraction of sp³-hybridized carbons (Fsp3) is 0.923. The van der Waals surface area contributed by atoms with E-state index in [0.717, 1.165) is 32.5 Å². The first-order valence-electron chi connectivity index (χ1n) is 6.99. The third-order valence-electron chi connectivity index (χ3n) is 3.65. The lowest BCUT2D eigenvalue weighted by molar-refractivity contribution is -0.120. The summed E-state index contributed by atoms with van der Waals surface area (Å²) in [7, 11) is 0. The molecule has 2 N–H and O–H groups in total. The molecule has 0 saturated carbocycles. The van der Waals surface area contributed by atoms with E-state index in [1.165, 1.54) is 12.8 Å². The Kier molecular flexibility index (Phi) is 5.79. The largest absolute Gasteiger partial charge is 0.376 e. The molecule has 0 aliphatic carbocycles. The highest BCUT2D eigenvalue weighted by Crippen LogP contribution is 2.20. The molecule has 0 aromatic heterocycles. The van der Waals surface area contributed by atoms with Gasteiger partial charge in [-0.25, -0.2) is 0 Å². The second-order valence-corrected chi connectivity index (χ2v) is 6.46. The minimum Gasteiger partial charge on any atom is -0.376 e. The number of piperidine rings is 1. The number of hydrogen-bond acceptors (Lipinski definition) is 4. The summed E-state index contributed by atoms with van der Waals surface area (Å²) in [5, 5.41) is 7.05. The fourth-order valence-electron chi connectivity index (χ4n) is 2.54. The first-order chi connectivity index (χ1) is 8.75. The maximum atomic E-state index is 11.8. The number of amides is 1. The molecule has 0 aromatic rings. The Labute approximate surface area is 114 Å². The molecule has 1 amide bonds. The molecule has 2 aliphatic heterocycles. The summed E-state index contributed by atoms with van der Waals surface area (Å²) in [5.41, 5.74) is 0. The second kappa shape index (κ2) is 7.36. The van der Waals surface area contributed by atoms with Gasteiger partial charge >= 0.3 is 0 Å². The number of carbonyl (C=O) groups is 1. The minimum absolute atomic E-state index is 0.147. The molecule has 18 heavy (non-hydrogen) atoms. The lowest BCUT2D eigenvalue weighted by Crippen LogP contribution is -2.42. The Morgan fingerprint density at radius 1 is 1.44 bits per heavy atom. The highest BCUT2D eigenvalue weighted by molar-refractivity contribution is 8.00. The van der Waals surface area contributed by atoms with Crippen molar-refractivity contribution in [3.8, 4) is 0 Å². The standard InChI is InChI=1S/C13H24N2O2S/c1-10(12-3-2-8-17-12)15-13(16)9-18-11-4-6-14-7-5-11/h10-12,14H,2-9H2,1H3,(H,15,16). The molecule has 104 valence electrons. The van der Waals surface area contributed by atoms with Crippen LogP contribution in [0.3, 0.4) is 0 Å². The summed E-state index contributed by atoms with van der Waals surface area (Å²) in [6, 6.07) is 0.147. The van der Waals surface area contributed by atoms with Gasteiger partial charge in [-0.15, -0.1) is 11.8 Å². The molecular formula is C13H24N2O2S. The molecule has 2 atom stereocenters. The van der Waals surface area contributed by atoms with Gasteiger partial charge < -0.3 is 15.4 Å². The molecule has 2 heterocycles. The molecule has 2 rings (SSSR count). The molecule has 5 heteroatoms. The summed E-state index contributed by atoms with van der Waals surface area (Å²) >= 11 is 1.80. The van der Waals surface area contributed by atoms with E-state index < -0.39 is 0 Å². The fourth-order valence-corrected chi connectivity index (χ4v) is 3.58. The monoisotopic (exact) mass is 272 g/mol. The topological polar surface area (TPSA) is 50.4 Å². The van der Waals surface area contributed by atoms with Crippen LogP contribution in [0.5, 0.6) is 0 Å². The summed E-state index contributed by atoms with van der Waals surface area (Å²) < 4.78 is 5.58. The maximum absolute atomic E-state index is 11.8. The Balaban J connectivity index is 1.61. The molecule has 0 radical (unpaired) electrons. The van der Waals surface area contributed by atoms with Gasteiger partial charge in [-0.3, -0.25) is 4.79 Å². The lowest BCUT2D eigenvalue weighted by Gasteiger charge is -2.23. The van der Waals surface area contributed by atoms with Gasteiger partial charge in [0.05, 0.1) is 17.9 Å². The molecule has 2 fully saturated rings. The third-order valence-corrected chi connectivity index (χ3v) is 5.02. The van der Waals surface area contributed by atoms with E-state index in [9.17, 15) is 4.79 Å². The lowest BCUT2D eigenvalue weighted by atomic mass is 10.1. The summed E-state index contributed by atoms with van der Waals surface area (Å²) in [6.07, 6.45) is 4.77. The van der Waals surface area contributed by atoms with Crippen molar-refractivity contribution >= 4 is 17.7 Å². The first-order valence-corrected chi connectivity index (χ1v) is 8.04. The second-order valence-electron chi connectivity index (χ2n) is 5.17. The smallest absolute Gasteiger partial charge is 0.230 e. The molecule has 0 bridgehead atoms. The van der Waals surface area contributed by atoms with E-state index >= 15 is 0 Å². The van der Waals surface area contributed by atoms with Crippen molar-refractivity contribution in [2.75, 3.05) is 25.4 Å². The van der Waals surface area contributed by atoms with Crippen LogP contribution in [0.25, 0.3) is 0 Å². The first kappa shape index (κ1) is 14.2. The number of hydrogen-bond donors (Lipinski definition) is 2. The average molecular weight is 272 g/mol. The number of thioether (sulfide) groups is 1. The molecule has 2 unspecified atom stereocenters. The van der Waals surface area contributed by atoms with Crippen molar-refractivity contribution in [1.29, 1.82) is 0 Å². The Bertz CT molecular complexity index is 264. The van der Waals surface area contributed by atoms with Gasteiger partial charge in [0.1, 0.15) is 0 Å². The van der Waals surface area contributed by atoms with Gasteiger partial charge in [-0.1, -0.05) is 0 Å². The molecule has 2 aliphatic rings. The molecule has 2 saturated heterocycles. The molecule has 4 nitrogen and oxygen atoms in total. The van der Waals surface area contributed by atoms with Crippen LogP contribution in [0, 0.1) is 0 Å². The molecule has 0 spiro atoms. The Morgan fingerprint density at radius 2 is 2.22 bits per heavy atom. The zero-order valence-electron chi connectivity index (χ0n) is 11.1. The minimum atomic E-state index is 0.147. The SMILES string of the molecule is CC(NC(=O)CSC1CCNCC1)C1CCCO1. The number of rotatable bonds is 5. The van der Waals surface area contributed by atoms with Crippen LogP contribution in [0.1, 0.15) is 32.6 Å². The molecule has 0 aromatic carbocycles. The van der Waals surface area contributed by atoms with Crippen LogP contribution >= 0.6 is 11.8 Å². The quantitative estimate of drug-likeness (QED) is 0.788. The average Bonchev–Trinajstić information content (AvgIpc) is 2.91. The predicted molar refractivity (Wildman–Crippen MR) is 74.9 cm³/mol. The van der Waals surface area contributed by atoms with Crippen LogP contribution in [-0.2, 0) is 9.53 Å². The number of ether oxygens (including phenoxy) is 1. The zero-order chi connectivity index (χ0) is 12.8. The highest BCUT2D eigenvalue weighted by Gasteiger charge is 2.24. The van der Waals surface area contributed by atoms with E-state index in [2.05, 4.69) is 10.6 Å². The van der Waals surface area contributed by atoms with E-state index in [4.69, 9.17) is 4.74 Å². The maximum Gasteiger partial charge on any atom is 0.230 e. The van der Waals surface area contributed by atoms with Gasteiger partial charge in [0.15, 0.2) is 0 Å². The van der Waals surface area contributed by atoms with Crippen LogP contribution < -0.4 is 10.6 Å². The van der Waals surface area contributed by atoms with Crippen molar-refractivity contribution in [1.82, 2.24) is 10.6 Å². The summed E-state index contributed by atoms with van der Waals surface area (Å²) in [4.78, 5) is 11.8. The zero-order valence-corrected chi connectivity index (χ0v) is 11.9. The van der Waals surface area contributed by atoms with E-state index in [0.29, 0.717) is 11.0 Å². The van der Waals surface area contributed by atoms with Crippen molar-refractivity contribution in [3.05, 3.63) is 0 Å². The molecular weight excluding hydrogens is 248 g/mol. The van der Waals surface area contributed by atoms with Crippen LogP contribution in [0.4, 0.5) is 0 Å². The third kappa shape index (κ3) is 4.44. The van der Waals surface area contributed by atoms with E-state index in [1.54, 1.807) is 11.8 Å². The van der Waals surface area contributed by atoms with E-state index in [1.807, 2.05) is 6.92 Å². The van der Waals surface area contributed by atoms with Gasteiger partial charge in [-0.2, -0.15) is 0 Å². The highest BCUT2D eigenvalue weighted by atomic mass is 32.2. The Hall–Kier alpha value is -0.260. The van der Waals surface area contributed by atoms with Gasteiger partial charge in [0.2, 0.25) is 5.91 Å². The van der Waals surface area contributed by atoms with E-state index in [-0.39, 0.29) is 18.1 Å². The predicted octanol–water partition coefficient (Wildman–Crippen LogP) is 1.16. The van der Waals surface area contributed by atoms with Crippen molar-refractivity contribution in [3.63, 3.8) is 0 Å². The van der Waals surface area contributed by atoms with Crippen molar-refractivity contribution in [2.24, 2.45) is 0 Å². The van der Waals surface area contributed by atoms with Crippen LogP contribution in [0.15, 0.2) is 0 Å². The number of nitrogens with one attached hydrogen (secondary N) is 2. The normalized spacial score (nSPS) is 27.1. The van der Waals surface area contributed by atoms with Crippen molar-refractivity contribution in [2.45, 2.75) is 50.0 Å². The van der Waals surface area contributed by atoms with Gasteiger partial charge in [-0.05, 0) is 45.7 Å². The van der Waals surface area contributed by atoms with Gasteiger partial charge in [0.25, 0.3) is 0 Å². The van der Waals surface area contributed by atoms with Crippen LogP contribution in [-0.4, -0.2) is 48.8 Å². The Morgan fingerprint density at radius 3 is 2.89 bits per heavy atom. The number of carbonyl (C=O) groups excluding carboxylic acids is 1. The summed E-state index contributed by atoms with van der Waals surface area (Å²) in [6.45, 7) is 5.06. The van der Waals surface area contributed by atoms with Crippen molar-refractivity contribution < 1.29 is 9.53 Å². The van der Waals surface area contributed by atoms with Gasteiger partial charge in [0, 0.05) is 11.9 Å².